The third-order valence-electron chi connectivity index (χ3n) is 4.65. The van der Waals surface area contributed by atoms with Crippen LogP contribution >= 0.6 is 0 Å². The van der Waals surface area contributed by atoms with Crippen LogP contribution in [0.25, 0.3) is 16.9 Å². The number of aryl methyl sites for hydroxylation is 1. The van der Waals surface area contributed by atoms with Crippen molar-refractivity contribution in [2.75, 3.05) is 14.2 Å². The number of ether oxygens (including phenoxy) is 1. The summed E-state index contributed by atoms with van der Waals surface area (Å²) in [5, 5.41) is 2.66. The molecule has 0 aliphatic heterocycles. The molecule has 0 spiro atoms. The van der Waals surface area contributed by atoms with E-state index in [0.29, 0.717) is 11.3 Å². The van der Waals surface area contributed by atoms with E-state index in [-0.39, 0.29) is 11.3 Å². The zero-order valence-electron chi connectivity index (χ0n) is 16.2. The maximum absolute atomic E-state index is 12.1. The molecule has 0 bridgehead atoms. The average Bonchev–Trinajstić information content (AvgIpc) is 3.02. The Kier molecular flexibility index (Phi) is 4.48. The van der Waals surface area contributed by atoms with Crippen LogP contribution < -0.4 is 10.1 Å². The lowest BCUT2D eigenvalue weighted by Gasteiger charge is -2.19. The molecule has 1 amide bonds. The second-order valence-electron chi connectivity index (χ2n) is 7.49. The highest BCUT2D eigenvalue weighted by Crippen LogP contribution is 2.31. The van der Waals surface area contributed by atoms with Crippen molar-refractivity contribution in [3.8, 4) is 17.0 Å². The van der Waals surface area contributed by atoms with Crippen molar-refractivity contribution < 1.29 is 9.53 Å². The first kappa shape index (κ1) is 18.0. The molecule has 0 saturated heterocycles. The molecule has 5 nitrogen and oxygen atoms in total. The Labute approximate surface area is 154 Å². The number of fused-ring (bicyclic) bond motifs is 1. The number of nitrogens with one attached hydrogen (secondary N) is 1. The predicted octanol–water partition coefficient (Wildman–Crippen LogP) is 3.98. The van der Waals surface area contributed by atoms with Gasteiger partial charge in [-0.2, -0.15) is 0 Å². The number of amides is 1. The highest BCUT2D eigenvalue weighted by atomic mass is 16.5. The van der Waals surface area contributed by atoms with Crippen LogP contribution in [0.5, 0.6) is 5.75 Å². The molecule has 0 saturated carbocycles. The van der Waals surface area contributed by atoms with Gasteiger partial charge >= 0.3 is 0 Å². The molecule has 136 valence electrons. The molecule has 0 aliphatic rings. The van der Waals surface area contributed by atoms with Crippen LogP contribution in [0.2, 0.25) is 0 Å². The van der Waals surface area contributed by atoms with E-state index in [1.165, 1.54) is 5.56 Å². The summed E-state index contributed by atoms with van der Waals surface area (Å²) >= 11 is 0. The summed E-state index contributed by atoms with van der Waals surface area (Å²) in [6.45, 7) is 8.48. The van der Waals surface area contributed by atoms with Crippen LogP contribution in [0.4, 0.5) is 0 Å². The lowest BCUT2D eigenvalue weighted by molar-refractivity contribution is 0.0959. The third kappa shape index (κ3) is 3.05. The molecule has 2 aromatic heterocycles. The zero-order chi connectivity index (χ0) is 19.1. The van der Waals surface area contributed by atoms with Crippen LogP contribution in [0.15, 0.2) is 36.7 Å². The number of carbonyl (C=O) groups is 1. The normalized spacial score (nSPS) is 11.6. The Hall–Kier alpha value is -2.82. The minimum absolute atomic E-state index is 0.0723. The smallest absolute Gasteiger partial charge is 0.255 e. The number of pyridine rings is 1. The molecule has 3 rings (SSSR count). The van der Waals surface area contributed by atoms with Crippen molar-refractivity contribution in [1.29, 1.82) is 0 Å². The largest absolute Gasteiger partial charge is 0.496 e. The molecule has 5 heteroatoms. The average molecular weight is 351 g/mol. The summed E-state index contributed by atoms with van der Waals surface area (Å²) < 4.78 is 7.53. The second kappa shape index (κ2) is 6.48. The number of rotatable bonds is 3. The van der Waals surface area contributed by atoms with Crippen molar-refractivity contribution in [2.24, 2.45) is 0 Å². The molecular formula is C21H25N3O2. The van der Waals surface area contributed by atoms with Crippen LogP contribution in [0, 0.1) is 6.92 Å². The second-order valence-corrected chi connectivity index (χ2v) is 7.49. The van der Waals surface area contributed by atoms with E-state index in [9.17, 15) is 4.79 Å². The fraction of sp³-hybridized carbons (Fsp3) is 0.333. The number of aromatic nitrogens is 2. The first-order valence-corrected chi connectivity index (χ1v) is 8.65. The molecule has 0 fully saturated rings. The van der Waals surface area contributed by atoms with Gasteiger partial charge in [-0.25, -0.2) is 4.98 Å². The highest BCUT2D eigenvalue weighted by molar-refractivity contribution is 5.99. The number of nitrogens with zero attached hydrogens (tertiary/aromatic N) is 2. The van der Waals surface area contributed by atoms with Crippen molar-refractivity contribution in [1.82, 2.24) is 14.7 Å². The fourth-order valence-electron chi connectivity index (χ4n) is 3.14. The lowest BCUT2D eigenvalue weighted by atomic mass is 9.88. The van der Waals surface area contributed by atoms with Crippen molar-refractivity contribution >= 4 is 11.6 Å². The number of hydrogen-bond donors (Lipinski definition) is 1. The summed E-state index contributed by atoms with van der Waals surface area (Å²) in [7, 11) is 3.20. The van der Waals surface area contributed by atoms with Crippen LogP contribution in [-0.2, 0) is 5.41 Å². The molecule has 0 aliphatic carbocycles. The first-order chi connectivity index (χ1) is 12.3. The van der Waals surface area contributed by atoms with Gasteiger partial charge in [0.25, 0.3) is 5.91 Å². The van der Waals surface area contributed by atoms with E-state index in [0.717, 1.165) is 22.5 Å². The Balaban J connectivity index is 2.15. The quantitative estimate of drug-likeness (QED) is 0.777. The molecule has 1 aromatic carbocycles. The minimum Gasteiger partial charge on any atom is -0.496 e. The van der Waals surface area contributed by atoms with E-state index >= 15 is 0 Å². The Morgan fingerprint density at radius 1 is 1.23 bits per heavy atom. The van der Waals surface area contributed by atoms with Gasteiger partial charge in [0, 0.05) is 18.8 Å². The molecule has 2 heterocycles. The Morgan fingerprint density at radius 3 is 2.58 bits per heavy atom. The van der Waals surface area contributed by atoms with Crippen LogP contribution in [0.1, 0.15) is 42.3 Å². The maximum Gasteiger partial charge on any atom is 0.255 e. The summed E-state index contributed by atoms with van der Waals surface area (Å²) in [6.07, 6.45) is 3.91. The number of benzene rings is 1. The van der Waals surface area contributed by atoms with Gasteiger partial charge in [0.1, 0.15) is 11.4 Å². The molecule has 0 unspecified atom stereocenters. The number of carbonyl (C=O) groups excluding carboxylic acids is 1. The maximum atomic E-state index is 12.1. The van der Waals surface area contributed by atoms with Crippen molar-refractivity contribution in [3.63, 3.8) is 0 Å². The molecule has 3 aromatic rings. The SMILES string of the molecule is CNC(=O)c1c(C)cc(-c2cnc3cc(C(C)(C)C)ccn23)cc1OC. The van der Waals surface area contributed by atoms with Crippen molar-refractivity contribution in [2.45, 2.75) is 33.1 Å². The predicted molar refractivity (Wildman–Crippen MR) is 104 cm³/mol. The Morgan fingerprint density at radius 2 is 1.96 bits per heavy atom. The summed E-state index contributed by atoms with van der Waals surface area (Å²) in [6, 6.07) is 8.13. The van der Waals surface area contributed by atoms with Gasteiger partial charge in [-0.1, -0.05) is 20.8 Å². The van der Waals surface area contributed by atoms with Gasteiger partial charge in [0.15, 0.2) is 0 Å². The minimum atomic E-state index is -0.154. The lowest BCUT2D eigenvalue weighted by Crippen LogP contribution is -2.20. The monoisotopic (exact) mass is 351 g/mol. The molecule has 0 radical (unpaired) electrons. The van der Waals surface area contributed by atoms with Gasteiger partial charge in [0.05, 0.1) is 24.6 Å². The van der Waals surface area contributed by atoms with E-state index in [1.54, 1.807) is 14.2 Å². The fourth-order valence-corrected chi connectivity index (χ4v) is 3.14. The van der Waals surface area contributed by atoms with Gasteiger partial charge in [-0.3, -0.25) is 9.20 Å². The summed E-state index contributed by atoms with van der Waals surface area (Å²) in [4.78, 5) is 16.7. The topological polar surface area (TPSA) is 55.6 Å². The van der Waals surface area contributed by atoms with Gasteiger partial charge in [-0.15, -0.1) is 0 Å². The van der Waals surface area contributed by atoms with Gasteiger partial charge in [-0.05, 0) is 47.7 Å². The molecule has 1 N–H and O–H groups in total. The van der Waals surface area contributed by atoms with Crippen LogP contribution in [0.3, 0.4) is 0 Å². The van der Waals surface area contributed by atoms with Crippen LogP contribution in [-0.4, -0.2) is 29.4 Å². The third-order valence-corrected chi connectivity index (χ3v) is 4.65. The summed E-state index contributed by atoms with van der Waals surface area (Å²) in [5.74, 6) is 0.402. The van der Waals surface area contributed by atoms with E-state index < -0.39 is 0 Å². The van der Waals surface area contributed by atoms with Gasteiger partial charge < -0.3 is 10.1 Å². The molecule has 26 heavy (non-hydrogen) atoms. The standard InChI is InChI=1S/C21H25N3O2/c1-13-9-14(10-17(26-6)19(13)20(25)22-5)16-12-23-18-11-15(21(2,3)4)7-8-24(16)18/h7-12H,1-6H3,(H,22,25). The van der Waals surface area contributed by atoms with E-state index in [1.807, 2.05) is 31.5 Å². The van der Waals surface area contributed by atoms with E-state index in [2.05, 4.69) is 47.6 Å². The first-order valence-electron chi connectivity index (χ1n) is 8.65. The Bertz CT molecular complexity index is 981. The summed E-state index contributed by atoms with van der Waals surface area (Å²) in [5.41, 5.74) is 5.56. The highest BCUT2D eigenvalue weighted by Gasteiger charge is 2.19. The van der Waals surface area contributed by atoms with Gasteiger partial charge in [0.2, 0.25) is 0 Å². The zero-order valence-corrected chi connectivity index (χ0v) is 16.2. The van der Waals surface area contributed by atoms with E-state index in [4.69, 9.17) is 4.74 Å². The number of imidazole rings is 1. The number of hydrogen-bond acceptors (Lipinski definition) is 3. The number of methoxy groups -OCH3 is 1. The molecular weight excluding hydrogens is 326 g/mol. The molecule has 0 atom stereocenters. The van der Waals surface area contributed by atoms with Crippen molar-refractivity contribution in [3.05, 3.63) is 53.3 Å².